The van der Waals surface area contributed by atoms with Crippen molar-refractivity contribution in [3.63, 3.8) is 0 Å². The molecule has 2 aromatic rings. The Labute approximate surface area is 105 Å². The van der Waals surface area contributed by atoms with Crippen LogP contribution in [0, 0.1) is 6.92 Å². The molecular formula is C13H13ClN2O. The van der Waals surface area contributed by atoms with Crippen molar-refractivity contribution in [2.24, 2.45) is 0 Å². The minimum absolute atomic E-state index is 0.0886. The standard InChI is InChI=1S/C13H13ClN2O/c1-3-15-13(17)11-6-9-4-5-10(14)7-12(9)16-8(11)2/h4-7H,3H2,1-2H3,(H,15,17). The van der Waals surface area contributed by atoms with E-state index in [-0.39, 0.29) is 5.91 Å². The van der Waals surface area contributed by atoms with Crippen LogP contribution in [0.5, 0.6) is 0 Å². The second-order valence-corrected chi connectivity index (χ2v) is 4.25. The number of nitrogens with one attached hydrogen (secondary N) is 1. The summed E-state index contributed by atoms with van der Waals surface area (Å²) in [6.45, 7) is 4.32. The van der Waals surface area contributed by atoms with Crippen LogP contribution in [-0.4, -0.2) is 17.4 Å². The SMILES string of the molecule is CCNC(=O)c1cc2ccc(Cl)cc2nc1C. The third-order valence-corrected chi connectivity index (χ3v) is 2.79. The minimum Gasteiger partial charge on any atom is -0.352 e. The Kier molecular flexibility index (Phi) is 3.29. The number of hydrogen-bond donors (Lipinski definition) is 1. The lowest BCUT2D eigenvalue weighted by Crippen LogP contribution is -2.23. The molecule has 0 aliphatic rings. The van der Waals surface area contributed by atoms with E-state index in [2.05, 4.69) is 10.3 Å². The summed E-state index contributed by atoms with van der Waals surface area (Å²) in [4.78, 5) is 16.2. The third kappa shape index (κ3) is 2.39. The van der Waals surface area contributed by atoms with Gasteiger partial charge in [-0.1, -0.05) is 17.7 Å². The maximum absolute atomic E-state index is 11.8. The van der Waals surface area contributed by atoms with Crippen LogP contribution in [-0.2, 0) is 0 Å². The predicted molar refractivity (Wildman–Crippen MR) is 69.5 cm³/mol. The van der Waals surface area contributed by atoms with Gasteiger partial charge in [-0.15, -0.1) is 0 Å². The predicted octanol–water partition coefficient (Wildman–Crippen LogP) is 2.95. The Morgan fingerprint density at radius 3 is 2.88 bits per heavy atom. The van der Waals surface area contributed by atoms with Crippen molar-refractivity contribution < 1.29 is 4.79 Å². The van der Waals surface area contributed by atoms with Crippen LogP contribution in [0.15, 0.2) is 24.3 Å². The molecule has 1 aromatic carbocycles. The number of carbonyl (C=O) groups excluding carboxylic acids is 1. The van der Waals surface area contributed by atoms with Gasteiger partial charge in [0, 0.05) is 17.0 Å². The maximum Gasteiger partial charge on any atom is 0.253 e. The fraction of sp³-hybridized carbons (Fsp3) is 0.231. The summed E-state index contributed by atoms with van der Waals surface area (Å²) in [6.07, 6.45) is 0. The van der Waals surface area contributed by atoms with Gasteiger partial charge in [0.15, 0.2) is 0 Å². The minimum atomic E-state index is -0.0886. The maximum atomic E-state index is 11.8. The monoisotopic (exact) mass is 248 g/mol. The molecule has 2 rings (SSSR count). The molecule has 88 valence electrons. The van der Waals surface area contributed by atoms with Crippen LogP contribution in [0.4, 0.5) is 0 Å². The van der Waals surface area contributed by atoms with Crippen LogP contribution in [0.25, 0.3) is 10.9 Å². The van der Waals surface area contributed by atoms with Crippen molar-refractivity contribution >= 4 is 28.4 Å². The Morgan fingerprint density at radius 2 is 2.18 bits per heavy atom. The van der Waals surface area contributed by atoms with E-state index in [4.69, 9.17) is 11.6 Å². The van der Waals surface area contributed by atoms with E-state index in [1.165, 1.54) is 0 Å². The fourth-order valence-electron chi connectivity index (χ4n) is 1.72. The van der Waals surface area contributed by atoms with Crippen LogP contribution in [0.3, 0.4) is 0 Å². The second kappa shape index (κ2) is 4.72. The molecule has 4 heteroatoms. The van der Waals surface area contributed by atoms with Crippen molar-refractivity contribution in [1.29, 1.82) is 0 Å². The van der Waals surface area contributed by atoms with Crippen LogP contribution in [0.1, 0.15) is 23.0 Å². The Morgan fingerprint density at radius 1 is 1.41 bits per heavy atom. The number of carbonyl (C=O) groups is 1. The molecule has 1 amide bonds. The molecule has 1 heterocycles. The first kappa shape index (κ1) is 11.9. The van der Waals surface area contributed by atoms with Crippen LogP contribution < -0.4 is 5.32 Å². The number of amides is 1. The van der Waals surface area contributed by atoms with Crippen molar-refractivity contribution in [1.82, 2.24) is 10.3 Å². The normalized spacial score (nSPS) is 10.5. The summed E-state index contributed by atoms with van der Waals surface area (Å²) in [7, 11) is 0. The highest BCUT2D eigenvalue weighted by Crippen LogP contribution is 2.20. The molecule has 0 spiro atoms. The van der Waals surface area contributed by atoms with Gasteiger partial charge in [-0.3, -0.25) is 9.78 Å². The zero-order chi connectivity index (χ0) is 12.4. The van der Waals surface area contributed by atoms with Gasteiger partial charge in [-0.05, 0) is 32.0 Å². The van der Waals surface area contributed by atoms with Gasteiger partial charge in [0.25, 0.3) is 5.91 Å². The molecule has 1 aromatic heterocycles. The van der Waals surface area contributed by atoms with Gasteiger partial charge < -0.3 is 5.32 Å². The van der Waals surface area contributed by atoms with E-state index in [0.717, 1.165) is 10.9 Å². The van der Waals surface area contributed by atoms with E-state index in [0.29, 0.717) is 22.8 Å². The first-order valence-corrected chi connectivity index (χ1v) is 5.84. The lowest BCUT2D eigenvalue weighted by atomic mass is 10.1. The summed E-state index contributed by atoms with van der Waals surface area (Å²) in [6, 6.07) is 7.31. The highest BCUT2D eigenvalue weighted by molar-refractivity contribution is 6.31. The molecule has 0 aliphatic heterocycles. The zero-order valence-corrected chi connectivity index (χ0v) is 10.5. The first-order chi connectivity index (χ1) is 8.11. The number of fused-ring (bicyclic) bond motifs is 1. The number of hydrogen-bond acceptors (Lipinski definition) is 2. The van der Waals surface area contributed by atoms with E-state index in [1.807, 2.05) is 26.0 Å². The largest absolute Gasteiger partial charge is 0.352 e. The summed E-state index contributed by atoms with van der Waals surface area (Å²) in [5, 5.41) is 4.34. The van der Waals surface area contributed by atoms with Crippen LogP contribution in [0.2, 0.25) is 5.02 Å². The molecule has 0 fully saturated rings. The summed E-state index contributed by atoms with van der Waals surface area (Å²) >= 11 is 5.90. The number of rotatable bonds is 2. The summed E-state index contributed by atoms with van der Waals surface area (Å²) in [5.41, 5.74) is 2.13. The Bertz CT molecular complexity index is 581. The fourth-order valence-corrected chi connectivity index (χ4v) is 1.89. The van der Waals surface area contributed by atoms with Gasteiger partial charge in [0.05, 0.1) is 16.8 Å². The Balaban J connectivity index is 2.55. The highest BCUT2D eigenvalue weighted by Gasteiger charge is 2.10. The molecule has 3 nitrogen and oxygen atoms in total. The molecule has 0 bridgehead atoms. The highest BCUT2D eigenvalue weighted by atomic mass is 35.5. The quantitative estimate of drug-likeness (QED) is 0.888. The summed E-state index contributed by atoms with van der Waals surface area (Å²) in [5.74, 6) is -0.0886. The zero-order valence-electron chi connectivity index (χ0n) is 9.75. The number of aryl methyl sites for hydroxylation is 1. The molecule has 1 N–H and O–H groups in total. The number of pyridine rings is 1. The van der Waals surface area contributed by atoms with E-state index in [1.54, 1.807) is 12.1 Å². The average molecular weight is 249 g/mol. The average Bonchev–Trinajstić information content (AvgIpc) is 2.28. The number of aromatic nitrogens is 1. The van der Waals surface area contributed by atoms with Crippen LogP contribution >= 0.6 is 11.6 Å². The molecular weight excluding hydrogens is 236 g/mol. The molecule has 0 saturated heterocycles. The van der Waals surface area contributed by atoms with Crippen molar-refractivity contribution in [2.75, 3.05) is 6.54 Å². The van der Waals surface area contributed by atoms with Gasteiger partial charge in [0.1, 0.15) is 0 Å². The topological polar surface area (TPSA) is 42.0 Å². The summed E-state index contributed by atoms with van der Waals surface area (Å²) < 4.78 is 0. The number of benzene rings is 1. The number of halogens is 1. The van der Waals surface area contributed by atoms with Crippen molar-refractivity contribution in [3.8, 4) is 0 Å². The van der Waals surface area contributed by atoms with Crippen molar-refractivity contribution in [3.05, 3.63) is 40.5 Å². The lowest BCUT2D eigenvalue weighted by Gasteiger charge is -2.07. The number of nitrogens with zero attached hydrogens (tertiary/aromatic N) is 1. The molecule has 0 radical (unpaired) electrons. The lowest BCUT2D eigenvalue weighted by molar-refractivity contribution is 0.0955. The van der Waals surface area contributed by atoms with Gasteiger partial charge >= 0.3 is 0 Å². The van der Waals surface area contributed by atoms with E-state index in [9.17, 15) is 4.79 Å². The van der Waals surface area contributed by atoms with Gasteiger partial charge in [0.2, 0.25) is 0 Å². The second-order valence-electron chi connectivity index (χ2n) is 3.82. The third-order valence-electron chi connectivity index (χ3n) is 2.55. The van der Waals surface area contributed by atoms with Gasteiger partial charge in [-0.25, -0.2) is 0 Å². The molecule has 17 heavy (non-hydrogen) atoms. The first-order valence-electron chi connectivity index (χ1n) is 5.47. The molecule has 0 saturated carbocycles. The van der Waals surface area contributed by atoms with E-state index >= 15 is 0 Å². The van der Waals surface area contributed by atoms with Crippen molar-refractivity contribution in [2.45, 2.75) is 13.8 Å². The molecule has 0 atom stereocenters. The van der Waals surface area contributed by atoms with Gasteiger partial charge in [-0.2, -0.15) is 0 Å². The molecule has 0 unspecified atom stereocenters. The smallest absolute Gasteiger partial charge is 0.253 e. The Hall–Kier alpha value is -1.61. The van der Waals surface area contributed by atoms with E-state index < -0.39 is 0 Å². The molecule has 0 aliphatic carbocycles.